The first-order valence-corrected chi connectivity index (χ1v) is 9.90. The van der Waals surface area contributed by atoms with Crippen molar-refractivity contribution in [3.63, 3.8) is 0 Å². The molecule has 33 heavy (non-hydrogen) atoms. The Morgan fingerprint density at radius 1 is 1.18 bits per heavy atom. The highest BCUT2D eigenvalue weighted by atomic mass is 16.5. The third-order valence-electron chi connectivity index (χ3n) is 4.92. The fourth-order valence-corrected chi connectivity index (χ4v) is 3.40. The summed E-state index contributed by atoms with van der Waals surface area (Å²) in [4.78, 5) is 40.9. The molecule has 2 aromatic carbocycles. The molecule has 0 fully saturated rings. The molecule has 2 heterocycles. The van der Waals surface area contributed by atoms with Gasteiger partial charge in [-0.15, -0.1) is 0 Å². The number of aromatic nitrogens is 3. The van der Waals surface area contributed by atoms with Crippen molar-refractivity contribution >= 4 is 45.5 Å². The first-order chi connectivity index (χ1) is 15.9. The molecule has 0 radical (unpaired) electrons. The van der Waals surface area contributed by atoms with Gasteiger partial charge in [0.05, 0.1) is 18.2 Å². The molecule has 10 heteroatoms. The van der Waals surface area contributed by atoms with E-state index in [0.717, 1.165) is 10.8 Å². The molecule has 4 rings (SSSR count). The van der Waals surface area contributed by atoms with Crippen LogP contribution in [-0.2, 0) is 0 Å². The number of imidazole rings is 1. The minimum Gasteiger partial charge on any atom is -0.497 e. The van der Waals surface area contributed by atoms with Gasteiger partial charge in [0, 0.05) is 17.3 Å². The van der Waals surface area contributed by atoms with Crippen LogP contribution in [0.2, 0.25) is 0 Å². The number of benzene rings is 2. The number of pyridine rings is 1. The topological polar surface area (TPSA) is 147 Å². The second kappa shape index (κ2) is 8.79. The van der Waals surface area contributed by atoms with Gasteiger partial charge >= 0.3 is 0 Å². The number of guanidine groups is 1. The number of para-hydroxylation sites is 1. The number of anilines is 1. The average Bonchev–Trinajstić information content (AvgIpc) is 3.21. The number of nitrogens with two attached hydrogens (primary N) is 1. The standard InChI is InChI=1S/C23H21N7O3/c1-4-25-22(24)29-20(31)15-6-5-7-17-19(15)28-23(27-17)30-21(32)18-10-13-8-9-14(33-3)11-16(13)12(2)26-18/h4-11H,1H2,2-3H3,(H3,24,25,29,31)(H2,27,28,30,32). The van der Waals surface area contributed by atoms with E-state index >= 15 is 0 Å². The zero-order valence-corrected chi connectivity index (χ0v) is 18.0. The molecule has 0 bridgehead atoms. The van der Waals surface area contributed by atoms with Gasteiger partial charge in [-0.05, 0) is 42.6 Å². The summed E-state index contributed by atoms with van der Waals surface area (Å²) in [6.45, 7) is 5.25. The van der Waals surface area contributed by atoms with E-state index in [1.54, 1.807) is 31.4 Å². The number of aliphatic imine (C=N–C) groups is 1. The van der Waals surface area contributed by atoms with Gasteiger partial charge in [0.15, 0.2) is 5.96 Å². The molecule has 5 N–H and O–H groups in total. The molecule has 4 aromatic rings. The Balaban J connectivity index is 1.61. The SMILES string of the molecule is C=CN=C(N)NC(=O)c1cccc2[nH]c(NC(=O)c3cc4ccc(OC)cc4c(C)n3)nc12. The second-order valence-corrected chi connectivity index (χ2v) is 7.07. The molecular formula is C23H21N7O3. The fourth-order valence-electron chi connectivity index (χ4n) is 3.40. The number of fused-ring (bicyclic) bond motifs is 2. The summed E-state index contributed by atoms with van der Waals surface area (Å²) >= 11 is 0. The third-order valence-corrected chi connectivity index (χ3v) is 4.92. The Morgan fingerprint density at radius 3 is 2.76 bits per heavy atom. The number of aromatic amines is 1. The lowest BCUT2D eigenvalue weighted by Gasteiger charge is -2.08. The third kappa shape index (κ3) is 4.35. The zero-order valence-electron chi connectivity index (χ0n) is 18.0. The number of H-pyrrole nitrogens is 1. The molecule has 0 aliphatic carbocycles. The average molecular weight is 443 g/mol. The summed E-state index contributed by atoms with van der Waals surface area (Å²) in [5, 5.41) is 6.91. The van der Waals surface area contributed by atoms with Crippen LogP contribution in [0.3, 0.4) is 0 Å². The lowest BCUT2D eigenvalue weighted by molar-refractivity contribution is 0.0976. The molecule has 0 atom stereocenters. The van der Waals surface area contributed by atoms with Crippen LogP contribution in [0.5, 0.6) is 5.75 Å². The number of aryl methyl sites for hydroxylation is 1. The van der Waals surface area contributed by atoms with Gasteiger partial charge in [0.25, 0.3) is 11.8 Å². The van der Waals surface area contributed by atoms with Crippen LogP contribution in [0.15, 0.2) is 60.2 Å². The summed E-state index contributed by atoms with van der Waals surface area (Å²) in [6, 6.07) is 12.3. The molecule has 2 aromatic heterocycles. The number of hydrogen-bond acceptors (Lipinski definition) is 6. The lowest BCUT2D eigenvalue weighted by Crippen LogP contribution is -2.36. The lowest BCUT2D eigenvalue weighted by atomic mass is 10.1. The van der Waals surface area contributed by atoms with Crippen LogP contribution in [0.25, 0.3) is 21.8 Å². The second-order valence-electron chi connectivity index (χ2n) is 7.07. The molecule has 166 valence electrons. The van der Waals surface area contributed by atoms with Gasteiger partial charge in [-0.1, -0.05) is 18.7 Å². The number of amides is 2. The smallest absolute Gasteiger partial charge is 0.276 e. The number of rotatable bonds is 5. The monoisotopic (exact) mass is 443 g/mol. The summed E-state index contributed by atoms with van der Waals surface area (Å²) in [7, 11) is 1.60. The molecular weight excluding hydrogens is 422 g/mol. The first kappa shape index (κ1) is 21.5. The van der Waals surface area contributed by atoms with E-state index < -0.39 is 11.8 Å². The quantitative estimate of drug-likeness (QED) is 0.275. The summed E-state index contributed by atoms with van der Waals surface area (Å²) < 4.78 is 5.26. The van der Waals surface area contributed by atoms with Crippen molar-refractivity contribution < 1.29 is 14.3 Å². The number of nitrogens with zero attached hydrogens (tertiary/aromatic N) is 3. The van der Waals surface area contributed by atoms with Crippen LogP contribution in [0.1, 0.15) is 26.5 Å². The minimum atomic E-state index is -0.490. The highest BCUT2D eigenvalue weighted by Gasteiger charge is 2.17. The number of methoxy groups -OCH3 is 1. The van der Waals surface area contributed by atoms with E-state index in [1.165, 1.54) is 6.20 Å². The number of nitrogens with one attached hydrogen (secondary N) is 3. The minimum absolute atomic E-state index is 0.0913. The molecule has 0 aliphatic heterocycles. The van der Waals surface area contributed by atoms with Crippen LogP contribution < -0.4 is 21.1 Å². The van der Waals surface area contributed by atoms with Crippen LogP contribution >= 0.6 is 0 Å². The van der Waals surface area contributed by atoms with E-state index in [2.05, 4.69) is 37.2 Å². The van der Waals surface area contributed by atoms with E-state index in [0.29, 0.717) is 22.5 Å². The zero-order chi connectivity index (χ0) is 23.5. The van der Waals surface area contributed by atoms with Crippen molar-refractivity contribution in [1.29, 1.82) is 0 Å². The molecule has 0 aliphatic rings. The molecule has 0 spiro atoms. The van der Waals surface area contributed by atoms with Crippen molar-refractivity contribution in [2.75, 3.05) is 12.4 Å². The molecule has 10 nitrogen and oxygen atoms in total. The van der Waals surface area contributed by atoms with Crippen molar-refractivity contribution in [3.8, 4) is 5.75 Å². The number of ether oxygens (including phenoxy) is 1. The van der Waals surface area contributed by atoms with Crippen molar-refractivity contribution in [1.82, 2.24) is 20.3 Å². The Morgan fingerprint density at radius 2 is 2.00 bits per heavy atom. The maximum absolute atomic E-state index is 12.9. The molecule has 0 saturated carbocycles. The normalized spacial score (nSPS) is 11.4. The number of hydrogen-bond donors (Lipinski definition) is 4. The molecule has 0 saturated heterocycles. The Hall–Kier alpha value is -4.73. The first-order valence-electron chi connectivity index (χ1n) is 9.90. The summed E-state index contributed by atoms with van der Waals surface area (Å²) in [5.41, 5.74) is 7.74. The Labute approximate surface area is 188 Å². The number of carbonyl (C=O) groups is 2. The fraction of sp³-hybridized carbons (Fsp3) is 0.0870. The van der Waals surface area contributed by atoms with Gasteiger partial charge in [0.1, 0.15) is 17.0 Å². The molecule has 2 amide bonds. The van der Waals surface area contributed by atoms with E-state index in [1.807, 2.05) is 25.1 Å². The maximum atomic E-state index is 12.9. The van der Waals surface area contributed by atoms with Gasteiger partial charge < -0.3 is 15.5 Å². The largest absolute Gasteiger partial charge is 0.497 e. The van der Waals surface area contributed by atoms with Gasteiger partial charge in [-0.2, -0.15) is 0 Å². The van der Waals surface area contributed by atoms with Gasteiger partial charge in [-0.3, -0.25) is 20.2 Å². The van der Waals surface area contributed by atoms with Crippen molar-refractivity contribution in [2.45, 2.75) is 6.92 Å². The van der Waals surface area contributed by atoms with Crippen molar-refractivity contribution in [3.05, 3.63) is 72.2 Å². The Bertz CT molecular complexity index is 1440. The summed E-state index contributed by atoms with van der Waals surface area (Å²) in [6.07, 6.45) is 1.22. The highest BCUT2D eigenvalue weighted by Crippen LogP contribution is 2.24. The van der Waals surface area contributed by atoms with E-state index in [4.69, 9.17) is 10.5 Å². The summed E-state index contributed by atoms with van der Waals surface area (Å²) in [5.74, 6) is -0.133. The van der Waals surface area contributed by atoms with Crippen LogP contribution in [0.4, 0.5) is 5.95 Å². The van der Waals surface area contributed by atoms with Gasteiger partial charge in [0.2, 0.25) is 5.95 Å². The number of carbonyl (C=O) groups excluding carboxylic acids is 2. The van der Waals surface area contributed by atoms with Crippen LogP contribution in [-0.4, -0.2) is 39.8 Å². The maximum Gasteiger partial charge on any atom is 0.276 e. The Kier molecular flexibility index (Phi) is 5.73. The van der Waals surface area contributed by atoms with Crippen molar-refractivity contribution in [2.24, 2.45) is 10.7 Å². The predicted octanol–water partition coefficient (Wildman–Crippen LogP) is 2.87. The predicted molar refractivity (Wildman–Crippen MR) is 126 cm³/mol. The molecule has 0 unspecified atom stereocenters. The van der Waals surface area contributed by atoms with E-state index in [-0.39, 0.29) is 23.2 Å². The van der Waals surface area contributed by atoms with E-state index in [9.17, 15) is 9.59 Å². The highest BCUT2D eigenvalue weighted by molar-refractivity contribution is 6.12. The van der Waals surface area contributed by atoms with Crippen LogP contribution in [0, 0.1) is 6.92 Å². The van der Waals surface area contributed by atoms with Gasteiger partial charge in [-0.25, -0.2) is 15.0 Å².